The summed E-state index contributed by atoms with van der Waals surface area (Å²) in [5.41, 5.74) is 4.20. The first-order valence-corrected chi connectivity index (χ1v) is 6.45. The quantitative estimate of drug-likeness (QED) is 0.913. The molecular weight excluding hydrogens is 236 g/mol. The van der Waals surface area contributed by atoms with E-state index in [0.717, 1.165) is 29.2 Å². The van der Waals surface area contributed by atoms with Crippen molar-refractivity contribution in [3.05, 3.63) is 58.8 Å². The molecule has 0 spiro atoms. The Bertz CT molecular complexity index is 552. The van der Waals surface area contributed by atoms with Crippen LogP contribution >= 0.6 is 0 Å². The second kappa shape index (κ2) is 5.85. The van der Waals surface area contributed by atoms with Crippen LogP contribution in [0.3, 0.4) is 0 Å². The Hall–Kier alpha value is -1.87. The van der Waals surface area contributed by atoms with Crippen molar-refractivity contribution >= 4 is 5.82 Å². The molecular formula is C16H20N2O. The van der Waals surface area contributed by atoms with Crippen molar-refractivity contribution in [1.82, 2.24) is 4.98 Å². The van der Waals surface area contributed by atoms with Gasteiger partial charge in [-0.25, -0.2) is 4.98 Å². The lowest BCUT2D eigenvalue weighted by atomic mass is 10.1. The van der Waals surface area contributed by atoms with E-state index >= 15 is 0 Å². The number of aliphatic hydroxyl groups is 1. The van der Waals surface area contributed by atoms with Crippen molar-refractivity contribution in [1.29, 1.82) is 0 Å². The van der Waals surface area contributed by atoms with E-state index < -0.39 is 0 Å². The highest BCUT2D eigenvalue weighted by molar-refractivity contribution is 5.51. The molecule has 100 valence electrons. The highest BCUT2D eigenvalue weighted by Gasteiger charge is 2.12. The summed E-state index contributed by atoms with van der Waals surface area (Å²) in [7, 11) is 2.01. The Labute approximate surface area is 114 Å². The number of benzene rings is 1. The zero-order valence-electron chi connectivity index (χ0n) is 11.7. The first-order valence-electron chi connectivity index (χ1n) is 6.45. The molecule has 0 unspecified atom stereocenters. The second-order valence-electron chi connectivity index (χ2n) is 4.88. The molecule has 0 bridgehead atoms. The third-order valence-electron chi connectivity index (χ3n) is 3.24. The summed E-state index contributed by atoms with van der Waals surface area (Å²) in [5, 5.41) is 9.54. The topological polar surface area (TPSA) is 36.4 Å². The molecule has 3 heteroatoms. The molecule has 0 amide bonds. The summed E-state index contributed by atoms with van der Waals surface area (Å²) >= 11 is 0. The molecule has 2 rings (SSSR count). The van der Waals surface area contributed by atoms with Gasteiger partial charge in [0, 0.05) is 24.8 Å². The molecule has 1 N–H and O–H groups in total. The molecule has 1 aromatic heterocycles. The van der Waals surface area contributed by atoms with Crippen LogP contribution in [0.25, 0.3) is 0 Å². The number of aryl methyl sites for hydroxylation is 2. The zero-order valence-corrected chi connectivity index (χ0v) is 11.7. The van der Waals surface area contributed by atoms with Gasteiger partial charge in [0.2, 0.25) is 0 Å². The summed E-state index contributed by atoms with van der Waals surface area (Å²) < 4.78 is 0. The lowest BCUT2D eigenvalue weighted by Crippen LogP contribution is -2.20. The zero-order chi connectivity index (χ0) is 13.8. The maximum Gasteiger partial charge on any atom is 0.134 e. The summed E-state index contributed by atoms with van der Waals surface area (Å²) in [6.07, 6.45) is 0. The van der Waals surface area contributed by atoms with Crippen molar-refractivity contribution in [3.63, 3.8) is 0 Å². The maximum atomic E-state index is 9.54. The Kier molecular flexibility index (Phi) is 4.17. The normalized spacial score (nSPS) is 10.5. The van der Waals surface area contributed by atoms with Crippen molar-refractivity contribution < 1.29 is 5.11 Å². The Morgan fingerprint density at radius 3 is 2.47 bits per heavy atom. The molecule has 1 aromatic carbocycles. The van der Waals surface area contributed by atoms with E-state index in [-0.39, 0.29) is 6.61 Å². The first kappa shape index (κ1) is 13.6. The fourth-order valence-electron chi connectivity index (χ4n) is 2.29. The van der Waals surface area contributed by atoms with E-state index in [1.165, 1.54) is 5.56 Å². The number of hydrogen-bond donors (Lipinski definition) is 1. The minimum atomic E-state index is 0.0214. The SMILES string of the molecule is Cc1cc(C)c(CO)c(N(C)Cc2ccccc2)n1. The van der Waals surface area contributed by atoms with Gasteiger partial charge in [-0.05, 0) is 31.0 Å². The molecule has 0 aliphatic carbocycles. The van der Waals surface area contributed by atoms with Crippen LogP contribution in [0.2, 0.25) is 0 Å². The number of pyridine rings is 1. The molecule has 2 aromatic rings. The minimum absolute atomic E-state index is 0.0214. The van der Waals surface area contributed by atoms with E-state index in [1.54, 1.807) is 0 Å². The number of rotatable bonds is 4. The van der Waals surface area contributed by atoms with Crippen LogP contribution in [0.1, 0.15) is 22.4 Å². The average Bonchev–Trinajstić information content (AvgIpc) is 2.39. The maximum absolute atomic E-state index is 9.54. The Morgan fingerprint density at radius 1 is 1.16 bits per heavy atom. The Balaban J connectivity index is 2.30. The van der Waals surface area contributed by atoms with E-state index in [0.29, 0.717) is 0 Å². The van der Waals surface area contributed by atoms with Gasteiger partial charge in [0.25, 0.3) is 0 Å². The minimum Gasteiger partial charge on any atom is -0.392 e. The van der Waals surface area contributed by atoms with Gasteiger partial charge in [0.1, 0.15) is 5.82 Å². The number of nitrogens with zero attached hydrogens (tertiary/aromatic N) is 2. The van der Waals surface area contributed by atoms with Gasteiger partial charge in [-0.3, -0.25) is 0 Å². The van der Waals surface area contributed by atoms with Crippen LogP contribution in [-0.2, 0) is 13.2 Å². The first-order chi connectivity index (χ1) is 9.11. The standard InChI is InChI=1S/C16H20N2O/c1-12-9-13(2)17-16(15(12)11-19)18(3)10-14-7-5-4-6-8-14/h4-9,19H,10-11H2,1-3H3. The van der Waals surface area contributed by atoms with Gasteiger partial charge in [-0.1, -0.05) is 30.3 Å². The van der Waals surface area contributed by atoms with Crippen LogP contribution in [-0.4, -0.2) is 17.1 Å². The molecule has 0 fully saturated rings. The van der Waals surface area contributed by atoms with Crippen molar-refractivity contribution in [2.75, 3.05) is 11.9 Å². The molecule has 0 radical (unpaired) electrons. The van der Waals surface area contributed by atoms with Crippen molar-refractivity contribution in [3.8, 4) is 0 Å². The molecule has 0 saturated heterocycles. The van der Waals surface area contributed by atoms with E-state index in [9.17, 15) is 5.11 Å². The van der Waals surface area contributed by atoms with Crippen LogP contribution in [0.5, 0.6) is 0 Å². The van der Waals surface area contributed by atoms with Crippen LogP contribution in [0.15, 0.2) is 36.4 Å². The summed E-state index contributed by atoms with van der Waals surface area (Å²) in [6, 6.07) is 12.3. The average molecular weight is 256 g/mol. The molecule has 0 aliphatic heterocycles. The predicted molar refractivity (Wildman–Crippen MR) is 78.2 cm³/mol. The number of aromatic nitrogens is 1. The van der Waals surface area contributed by atoms with Crippen LogP contribution < -0.4 is 4.90 Å². The van der Waals surface area contributed by atoms with Gasteiger partial charge >= 0.3 is 0 Å². The molecule has 0 atom stereocenters. The van der Waals surface area contributed by atoms with Gasteiger partial charge in [-0.15, -0.1) is 0 Å². The second-order valence-corrected chi connectivity index (χ2v) is 4.88. The summed E-state index contributed by atoms with van der Waals surface area (Å²) in [6.45, 7) is 4.80. The van der Waals surface area contributed by atoms with Crippen LogP contribution in [0, 0.1) is 13.8 Å². The fraction of sp³-hybridized carbons (Fsp3) is 0.312. The number of aliphatic hydroxyl groups excluding tert-OH is 1. The molecule has 19 heavy (non-hydrogen) atoms. The lowest BCUT2D eigenvalue weighted by Gasteiger charge is -2.22. The van der Waals surface area contributed by atoms with E-state index in [4.69, 9.17) is 0 Å². The van der Waals surface area contributed by atoms with Crippen molar-refractivity contribution in [2.24, 2.45) is 0 Å². The third-order valence-corrected chi connectivity index (χ3v) is 3.24. The van der Waals surface area contributed by atoms with Gasteiger partial charge < -0.3 is 10.0 Å². The summed E-state index contributed by atoms with van der Waals surface area (Å²) in [4.78, 5) is 6.65. The third kappa shape index (κ3) is 3.12. The van der Waals surface area contributed by atoms with Crippen molar-refractivity contribution in [2.45, 2.75) is 27.0 Å². The van der Waals surface area contributed by atoms with Gasteiger partial charge in [0.15, 0.2) is 0 Å². The highest BCUT2D eigenvalue weighted by atomic mass is 16.3. The van der Waals surface area contributed by atoms with Crippen LogP contribution in [0.4, 0.5) is 5.82 Å². The highest BCUT2D eigenvalue weighted by Crippen LogP contribution is 2.23. The molecule has 3 nitrogen and oxygen atoms in total. The smallest absolute Gasteiger partial charge is 0.134 e. The molecule has 0 saturated carbocycles. The summed E-state index contributed by atoms with van der Waals surface area (Å²) in [5.74, 6) is 0.865. The van der Waals surface area contributed by atoms with E-state index in [2.05, 4.69) is 22.0 Å². The molecule has 1 heterocycles. The predicted octanol–water partition coefficient (Wildman–Crippen LogP) is 2.83. The van der Waals surface area contributed by atoms with E-state index in [1.807, 2.05) is 45.2 Å². The largest absolute Gasteiger partial charge is 0.392 e. The number of anilines is 1. The van der Waals surface area contributed by atoms with Gasteiger partial charge in [0.05, 0.1) is 6.61 Å². The Morgan fingerprint density at radius 2 is 1.84 bits per heavy atom. The fourth-order valence-corrected chi connectivity index (χ4v) is 2.29. The molecule has 0 aliphatic rings. The lowest BCUT2D eigenvalue weighted by molar-refractivity contribution is 0.281. The number of hydrogen-bond acceptors (Lipinski definition) is 3. The van der Waals surface area contributed by atoms with Gasteiger partial charge in [-0.2, -0.15) is 0 Å². The monoisotopic (exact) mass is 256 g/mol.